The lowest BCUT2D eigenvalue weighted by atomic mass is 9.72. The molecule has 2 spiro atoms. The maximum absolute atomic E-state index is 14.7. The lowest BCUT2D eigenvalue weighted by Gasteiger charge is -2.55. The van der Waals surface area contributed by atoms with Crippen LogP contribution in [0.3, 0.4) is 0 Å². The highest BCUT2D eigenvalue weighted by atomic mass is 19.4. The van der Waals surface area contributed by atoms with E-state index in [2.05, 4.69) is 10.6 Å². The van der Waals surface area contributed by atoms with Gasteiger partial charge in [-0.25, -0.2) is 4.79 Å². The quantitative estimate of drug-likeness (QED) is 0.112. The van der Waals surface area contributed by atoms with Crippen molar-refractivity contribution in [2.75, 3.05) is 5.32 Å². The highest BCUT2D eigenvalue weighted by Crippen LogP contribution is 2.54. The number of carboxylic acid groups (broad SMARTS) is 1. The van der Waals surface area contributed by atoms with E-state index in [4.69, 9.17) is 23.7 Å². The molecule has 18 atom stereocenters. The van der Waals surface area contributed by atoms with Crippen LogP contribution >= 0.6 is 0 Å². The Bertz CT molecular complexity index is 1900. The molecule has 0 aromatic heterocycles. The number of aliphatic carboxylic acids is 1. The number of ether oxygens (including phenoxy) is 5. The fourth-order valence-electron chi connectivity index (χ4n) is 11.7. The SMILES string of the molecule is CC[C@@H](C(=O)[C@@H](C)[C@@H](O)[C@H](C)[C@@H]1O[C@@H]([C@@H](CC)C(=O)O)CC[C@@H]1C)[C@H]1O[C@]2(C=C[C@@H](NC(=O)Nc3ccc(C(F)(F)F)cc3)[C@]3(CC[C@@](C)([C@H]4CC[C@](O)(CC)[C@H](C)O4)O3)O2)[C@H](C)C[C@@H]1C. The third-order valence-electron chi connectivity index (χ3n) is 16.2. The van der Waals surface area contributed by atoms with Gasteiger partial charge in [0.2, 0.25) is 0 Å². The number of Topliss-reactive ketones (excluding diaryl/α,β-unsaturated/α-hetero) is 1. The van der Waals surface area contributed by atoms with E-state index in [1.165, 1.54) is 12.1 Å². The van der Waals surface area contributed by atoms with Crippen LogP contribution in [0.1, 0.15) is 139 Å². The number of carbonyl (C=O) groups excluding carboxylic acids is 2. The molecule has 1 aromatic carbocycles. The molecule has 0 radical (unpaired) electrons. The van der Waals surface area contributed by atoms with Crippen molar-refractivity contribution in [3.63, 3.8) is 0 Å². The highest BCUT2D eigenvalue weighted by Gasteiger charge is 2.63. The third-order valence-corrected chi connectivity index (χ3v) is 16.2. The Balaban J connectivity index is 1.25. The van der Waals surface area contributed by atoms with Crippen molar-refractivity contribution in [1.29, 1.82) is 0 Å². The molecule has 2 amide bonds. The van der Waals surface area contributed by atoms with Gasteiger partial charge in [0.1, 0.15) is 11.8 Å². The number of urea groups is 1. The van der Waals surface area contributed by atoms with Gasteiger partial charge in [-0.05, 0) is 114 Å². The topological polar surface area (TPSA) is 182 Å². The zero-order chi connectivity index (χ0) is 48.7. The monoisotopic (exact) mass is 937 g/mol. The Morgan fingerprint density at radius 1 is 0.879 bits per heavy atom. The average Bonchev–Trinajstić information content (AvgIpc) is 3.61. The van der Waals surface area contributed by atoms with Crippen molar-refractivity contribution in [1.82, 2.24) is 5.32 Å². The van der Waals surface area contributed by atoms with E-state index < -0.39 is 113 Å². The number of carbonyl (C=O) groups is 3. The standard InChI is InChI=1S/C50H75F3N2O11/c1-11-35(44(58)59)37-19-14-27(4)42(63-37)31(8)40(56)30(7)41(57)36(12-2)43-28(5)26-29(6)48(64-43)23-20-38(55-45(60)54-34-17-15-33(16-18-34)50(51,52)53)49(66-48)25-24-46(10,65-49)39-21-22-47(61,13-3)32(9)62-39/h15-18,20,23,27-32,35-40,42-43,56,61H,11-14,19,21-22,24-26H2,1-10H3,(H,58,59)(H2,54,55,60)/t27-,28-,29+,30-,31-,32-,35+,36-,37+,38+,39+,40+,42+,43-,46-,47+,48-,49-/m0/s1. The fraction of sp³-hybridized carbons (Fsp3) is 0.780. The number of amides is 2. The summed E-state index contributed by atoms with van der Waals surface area (Å²) in [6.45, 7) is 19.1. The predicted molar refractivity (Wildman–Crippen MR) is 240 cm³/mol. The van der Waals surface area contributed by atoms with Gasteiger partial charge in [-0.2, -0.15) is 13.2 Å². The van der Waals surface area contributed by atoms with Crippen molar-refractivity contribution in [2.24, 2.45) is 41.4 Å². The van der Waals surface area contributed by atoms with Crippen LogP contribution in [0, 0.1) is 41.4 Å². The zero-order valence-corrected chi connectivity index (χ0v) is 40.4. The van der Waals surface area contributed by atoms with Crippen LogP contribution in [0.25, 0.3) is 0 Å². The lowest BCUT2D eigenvalue weighted by molar-refractivity contribution is -0.397. The molecule has 4 saturated heterocycles. The van der Waals surface area contributed by atoms with E-state index in [1.807, 2.05) is 62.3 Å². The Morgan fingerprint density at radius 2 is 1.55 bits per heavy atom. The zero-order valence-electron chi connectivity index (χ0n) is 40.4. The molecule has 5 aliphatic rings. The van der Waals surface area contributed by atoms with Crippen molar-refractivity contribution in [3.8, 4) is 0 Å². The van der Waals surface area contributed by atoms with Gasteiger partial charge in [-0.15, -0.1) is 0 Å². The fourth-order valence-corrected chi connectivity index (χ4v) is 11.7. The number of aliphatic hydroxyl groups is 2. The summed E-state index contributed by atoms with van der Waals surface area (Å²) < 4.78 is 74.2. The first-order valence-corrected chi connectivity index (χ1v) is 24.4. The highest BCUT2D eigenvalue weighted by molar-refractivity contribution is 5.89. The van der Waals surface area contributed by atoms with Crippen LogP contribution in [-0.4, -0.2) is 98.5 Å². The van der Waals surface area contributed by atoms with E-state index in [0.29, 0.717) is 51.4 Å². The number of hydrogen-bond donors (Lipinski definition) is 5. The number of carboxylic acids is 1. The number of hydrogen-bond acceptors (Lipinski definition) is 10. The first kappa shape index (κ1) is 52.3. The number of aliphatic hydroxyl groups excluding tert-OH is 1. The first-order chi connectivity index (χ1) is 30.9. The number of benzene rings is 1. The molecule has 372 valence electrons. The lowest BCUT2D eigenvalue weighted by Crippen LogP contribution is -2.66. The average molecular weight is 937 g/mol. The maximum Gasteiger partial charge on any atom is 0.416 e. The molecule has 5 N–H and O–H groups in total. The Morgan fingerprint density at radius 3 is 2.14 bits per heavy atom. The molecule has 0 aliphatic carbocycles. The number of anilines is 1. The second kappa shape index (κ2) is 20.1. The van der Waals surface area contributed by atoms with Gasteiger partial charge in [0.25, 0.3) is 0 Å². The van der Waals surface area contributed by atoms with Crippen molar-refractivity contribution in [2.45, 2.75) is 205 Å². The first-order valence-electron chi connectivity index (χ1n) is 24.4. The molecule has 6 rings (SSSR count). The van der Waals surface area contributed by atoms with Gasteiger partial charge in [-0.1, -0.05) is 61.5 Å². The van der Waals surface area contributed by atoms with Crippen molar-refractivity contribution in [3.05, 3.63) is 42.0 Å². The summed E-state index contributed by atoms with van der Waals surface area (Å²) in [5.41, 5.74) is -2.62. The van der Waals surface area contributed by atoms with Crippen molar-refractivity contribution >= 4 is 23.5 Å². The van der Waals surface area contributed by atoms with Crippen LogP contribution in [0.5, 0.6) is 0 Å². The van der Waals surface area contributed by atoms with E-state index in [9.17, 15) is 42.9 Å². The van der Waals surface area contributed by atoms with E-state index in [-0.39, 0.29) is 35.6 Å². The minimum absolute atomic E-state index is 0.0496. The summed E-state index contributed by atoms with van der Waals surface area (Å²) >= 11 is 0. The van der Waals surface area contributed by atoms with Gasteiger partial charge >= 0.3 is 18.2 Å². The number of ketones is 1. The minimum atomic E-state index is -4.54. The third kappa shape index (κ3) is 10.4. The molecule has 66 heavy (non-hydrogen) atoms. The Labute approximate surface area is 388 Å². The molecule has 0 unspecified atom stereocenters. The van der Waals surface area contributed by atoms with Crippen LogP contribution in [0.4, 0.5) is 23.7 Å². The number of alkyl halides is 3. The van der Waals surface area contributed by atoms with Crippen LogP contribution in [0.2, 0.25) is 0 Å². The Kier molecular flexibility index (Phi) is 15.9. The molecular formula is C50H75F3N2O11. The number of halogens is 3. The predicted octanol–water partition coefficient (Wildman–Crippen LogP) is 9.04. The molecule has 5 aliphatic heterocycles. The summed E-state index contributed by atoms with van der Waals surface area (Å²) in [4.78, 5) is 40.4. The minimum Gasteiger partial charge on any atom is -0.481 e. The van der Waals surface area contributed by atoms with Gasteiger partial charge in [0.05, 0.1) is 59.3 Å². The molecule has 1 aromatic rings. The molecule has 0 bridgehead atoms. The molecule has 16 heteroatoms. The summed E-state index contributed by atoms with van der Waals surface area (Å²) in [5, 5.41) is 38.5. The van der Waals surface area contributed by atoms with Crippen LogP contribution in [-0.2, 0) is 39.4 Å². The number of nitrogens with one attached hydrogen (secondary N) is 2. The normalized spacial score (nSPS) is 39.5. The Hall–Kier alpha value is -3.12. The summed E-state index contributed by atoms with van der Waals surface area (Å²) in [7, 11) is 0. The van der Waals surface area contributed by atoms with Crippen LogP contribution < -0.4 is 10.6 Å². The van der Waals surface area contributed by atoms with Gasteiger partial charge in [0.15, 0.2) is 11.6 Å². The van der Waals surface area contributed by atoms with E-state index in [0.717, 1.165) is 18.6 Å². The van der Waals surface area contributed by atoms with E-state index in [1.54, 1.807) is 19.1 Å². The second-order valence-electron chi connectivity index (χ2n) is 20.6. The summed E-state index contributed by atoms with van der Waals surface area (Å²) in [5.74, 6) is -6.90. The summed E-state index contributed by atoms with van der Waals surface area (Å²) in [6.07, 6.45) is 0.517. The molecule has 4 fully saturated rings. The van der Waals surface area contributed by atoms with Gasteiger partial charge in [-0.3, -0.25) is 9.59 Å². The van der Waals surface area contributed by atoms with Gasteiger partial charge in [0, 0.05) is 35.8 Å². The second-order valence-corrected chi connectivity index (χ2v) is 20.6. The molecule has 13 nitrogen and oxygen atoms in total. The van der Waals surface area contributed by atoms with Crippen LogP contribution in [0.15, 0.2) is 36.4 Å². The molecular weight excluding hydrogens is 862 g/mol. The molecule has 0 saturated carbocycles. The van der Waals surface area contributed by atoms with Crippen molar-refractivity contribution < 1.29 is 66.6 Å². The smallest absolute Gasteiger partial charge is 0.416 e. The number of rotatable bonds is 14. The maximum atomic E-state index is 14.7. The molecule has 5 heterocycles. The summed E-state index contributed by atoms with van der Waals surface area (Å²) in [6, 6.07) is 2.53. The largest absolute Gasteiger partial charge is 0.481 e. The van der Waals surface area contributed by atoms with Gasteiger partial charge < -0.3 is 49.6 Å². The van der Waals surface area contributed by atoms with E-state index >= 15 is 0 Å².